The molecule has 21 heavy (non-hydrogen) atoms. The average Bonchev–Trinajstić information content (AvgIpc) is 2.35. The Labute approximate surface area is 131 Å². The second kappa shape index (κ2) is 5.85. The third-order valence-corrected chi connectivity index (χ3v) is 6.92. The number of likely N-dealkylation sites (N-methyl/N-ethyl adjacent to an activating group) is 1. The lowest BCUT2D eigenvalue weighted by atomic mass is 9.48. The molecule has 2 N–H and O–H groups in total. The molecule has 4 aliphatic carbocycles. The van der Waals surface area contributed by atoms with Crippen LogP contribution in [0.4, 0.5) is 0 Å². The number of hydrogen-bond donors (Lipinski definition) is 1. The Morgan fingerprint density at radius 2 is 1.48 bits per heavy atom. The lowest BCUT2D eigenvalue weighted by Gasteiger charge is -2.59. The van der Waals surface area contributed by atoms with E-state index in [1.807, 2.05) is 0 Å². The van der Waals surface area contributed by atoms with Crippen molar-refractivity contribution in [2.75, 3.05) is 13.6 Å². The Hall–Kier alpha value is -0.0800. The molecule has 4 saturated carbocycles. The highest BCUT2D eigenvalue weighted by molar-refractivity contribution is 5.06. The first-order chi connectivity index (χ1) is 9.88. The largest absolute Gasteiger partial charge is 0.326 e. The summed E-state index contributed by atoms with van der Waals surface area (Å²) in [7, 11) is 2.29. The van der Waals surface area contributed by atoms with E-state index in [-0.39, 0.29) is 0 Å². The summed E-state index contributed by atoms with van der Waals surface area (Å²) in [6, 6.07) is 1.05. The predicted molar refractivity (Wildman–Crippen MR) is 90.1 cm³/mol. The van der Waals surface area contributed by atoms with E-state index in [9.17, 15) is 0 Å². The van der Waals surface area contributed by atoms with Gasteiger partial charge >= 0.3 is 0 Å². The number of nitrogens with two attached hydrogens (primary N) is 1. The molecule has 2 heteroatoms. The Morgan fingerprint density at radius 1 is 1.00 bits per heavy atom. The summed E-state index contributed by atoms with van der Waals surface area (Å²) < 4.78 is 0. The van der Waals surface area contributed by atoms with Crippen LogP contribution >= 0.6 is 0 Å². The summed E-state index contributed by atoms with van der Waals surface area (Å²) in [5.74, 6) is 3.82. The minimum Gasteiger partial charge on any atom is -0.326 e. The maximum Gasteiger partial charge on any atom is 0.0225 e. The third-order valence-electron chi connectivity index (χ3n) is 6.92. The van der Waals surface area contributed by atoms with Gasteiger partial charge in [0.1, 0.15) is 0 Å². The van der Waals surface area contributed by atoms with E-state index < -0.39 is 0 Å². The van der Waals surface area contributed by atoms with Crippen LogP contribution in [0.2, 0.25) is 0 Å². The van der Waals surface area contributed by atoms with E-state index in [1.54, 1.807) is 0 Å². The van der Waals surface area contributed by atoms with Gasteiger partial charge in [0.15, 0.2) is 0 Å². The van der Waals surface area contributed by atoms with Gasteiger partial charge in [0.05, 0.1) is 0 Å². The van der Waals surface area contributed by atoms with E-state index in [4.69, 9.17) is 5.73 Å². The van der Waals surface area contributed by atoms with Gasteiger partial charge in [-0.2, -0.15) is 0 Å². The molecule has 0 amide bonds. The van der Waals surface area contributed by atoms with Crippen molar-refractivity contribution in [1.82, 2.24) is 4.90 Å². The van der Waals surface area contributed by atoms with E-state index in [0.29, 0.717) is 17.5 Å². The first-order valence-electron chi connectivity index (χ1n) is 9.34. The molecule has 4 rings (SSSR count). The summed E-state index contributed by atoms with van der Waals surface area (Å²) in [4.78, 5) is 2.53. The van der Waals surface area contributed by atoms with Crippen LogP contribution in [0.3, 0.4) is 0 Å². The molecule has 0 spiro atoms. The summed E-state index contributed by atoms with van der Waals surface area (Å²) in [5, 5.41) is 0. The monoisotopic (exact) mass is 292 g/mol. The zero-order chi connectivity index (χ0) is 15.2. The average molecular weight is 293 g/mol. The zero-order valence-electron chi connectivity index (χ0n) is 14.6. The number of hydrogen-bond acceptors (Lipinski definition) is 2. The Bertz CT molecular complexity index is 327. The van der Waals surface area contributed by atoms with Crippen LogP contribution in [-0.2, 0) is 0 Å². The van der Waals surface area contributed by atoms with Gasteiger partial charge in [0.25, 0.3) is 0 Å². The minimum atomic E-state index is 0.394. The molecule has 0 aromatic carbocycles. The van der Waals surface area contributed by atoms with Crippen molar-refractivity contribution in [3.05, 3.63) is 0 Å². The van der Waals surface area contributed by atoms with Crippen LogP contribution in [0.1, 0.15) is 65.7 Å². The topological polar surface area (TPSA) is 29.3 Å². The van der Waals surface area contributed by atoms with Crippen molar-refractivity contribution < 1.29 is 0 Å². The number of nitrogens with zero attached hydrogens (tertiary/aromatic N) is 1. The first-order valence-corrected chi connectivity index (χ1v) is 9.34. The van der Waals surface area contributed by atoms with Crippen LogP contribution in [0.25, 0.3) is 0 Å². The van der Waals surface area contributed by atoms with Crippen molar-refractivity contribution in [2.45, 2.75) is 77.8 Å². The smallest absolute Gasteiger partial charge is 0.0225 e. The lowest BCUT2D eigenvalue weighted by Crippen LogP contribution is -2.58. The van der Waals surface area contributed by atoms with Crippen LogP contribution in [-0.4, -0.2) is 30.6 Å². The highest BCUT2D eigenvalue weighted by Crippen LogP contribution is 2.61. The first kappa shape index (κ1) is 15.8. The molecule has 2 nitrogen and oxygen atoms in total. The van der Waals surface area contributed by atoms with Crippen molar-refractivity contribution in [2.24, 2.45) is 34.8 Å². The van der Waals surface area contributed by atoms with E-state index >= 15 is 0 Å². The SMILES string of the molecule is CC(C)CC(C)N(C)CC(N)C12CC3CC(CC(C3)C1)C2. The molecule has 0 aliphatic heterocycles. The maximum absolute atomic E-state index is 6.80. The van der Waals surface area contributed by atoms with Crippen molar-refractivity contribution in [3.8, 4) is 0 Å². The molecule has 2 atom stereocenters. The van der Waals surface area contributed by atoms with Gasteiger partial charge in [-0.25, -0.2) is 0 Å². The summed E-state index contributed by atoms with van der Waals surface area (Å²) >= 11 is 0. The summed E-state index contributed by atoms with van der Waals surface area (Å²) in [6.07, 6.45) is 10.2. The molecule has 0 radical (unpaired) electrons. The Kier molecular flexibility index (Phi) is 4.40. The van der Waals surface area contributed by atoms with Gasteiger partial charge in [-0.15, -0.1) is 0 Å². The third kappa shape index (κ3) is 3.17. The second-order valence-corrected chi connectivity index (χ2v) is 9.30. The molecule has 4 bridgehead atoms. The normalized spacial score (nSPS) is 41.0. The summed E-state index contributed by atoms with van der Waals surface area (Å²) in [6.45, 7) is 8.11. The molecular formula is C19H36N2. The van der Waals surface area contributed by atoms with Gasteiger partial charge < -0.3 is 10.6 Å². The lowest BCUT2D eigenvalue weighted by molar-refractivity contribution is -0.0719. The molecule has 4 aliphatic rings. The zero-order valence-corrected chi connectivity index (χ0v) is 14.6. The maximum atomic E-state index is 6.80. The second-order valence-electron chi connectivity index (χ2n) is 9.30. The fourth-order valence-electron chi connectivity index (χ4n) is 6.18. The van der Waals surface area contributed by atoms with Crippen LogP contribution in [0, 0.1) is 29.1 Å². The van der Waals surface area contributed by atoms with Crippen molar-refractivity contribution in [3.63, 3.8) is 0 Å². The molecule has 0 heterocycles. The van der Waals surface area contributed by atoms with E-state index in [2.05, 4.69) is 32.7 Å². The predicted octanol–water partition coefficient (Wildman–Crippen LogP) is 3.90. The van der Waals surface area contributed by atoms with Gasteiger partial charge in [-0.1, -0.05) is 13.8 Å². The molecule has 0 aromatic rings. The van der Waals surface area contributed by atoms with Crippen molar-refractivity contribution >= 4 is 0 Å². The highest BCUT2D eigenvalue weighted by Gasteiger charge is 2.53. The van der Waals surface area contributed by atoms with Crippen LogP contribution in [0.5, 0.6) is 0 Å². The minimum absolute atomic E-state index is 0.394. The van der Waals surface area contributed by atoms with E-state index in [1.165, 1.54) is 44.9 Å². The highest BCUT2D eigenvalue weighted by atomic mass is 15.1. The van der Waals surface area contributed by atoms with Crippen LogP contribution in [0.15, 0.2) is 0 Å². The number of rotatable bonds is 6. The molecule has 0 saturated heterocycles. The van der Waals surface area contributed by atoms with Gasteiger partial charge in [0.2, 0.25) is 0 Å². The Balaban J connectivity index is 1.61. The quantitative estimate of drug-likeness (QED) is 0.804. The molecule has 4 fully saturated rings. The molecule has 0 aromatic heterocycles. The van der Waals surface area contributed by atoms with Crippen molar-refractivity contribution in [1.29, 1.82) is 0 Å². The molecular weight excluding hydrogens is 256 g/mol. The fourth-order valence-corrected chi connectivity index (χ4v) is 6.18. The Morgan fingerprint density at radius 3 is 1.90 bits per heavy atom. The van der Waals surface area contributed by atoms with Gasteiger partial charge in [-0.05, 0) is 88.0 Å². The van der Waals surface area contributed by atoms with Crippen LogP contribution < -0.4 is 5.73 Å². The molecule has 2 unspecified atom stereocenters. The fraction of sp³-hybridized carbons (Fsp3) is 1.00. The van der Waals surface area contributed by atoms with Gasteiger partial charge in [0, 0.05) is 18.6 Å². The van der Waals surface area contributed by atoms with Gasteiger partial charge in [-0.3, -0.25) is 0 Å². The van der Waals surface area contributed by atoms with E-state index in [0.717, 1.165) is 30.2 Å². The standard InChI is InChI=1S/C19H36N2/c1-13(2)5-14(3)21(4)12-18(20)19-9-15-6-16(10-19)8-17(7-15)11-19/h13-18H,5-12,20H2,1-4H3. The molecule has 122 valence electrons. The summed E-state index contributed by atoms with van der Waals surface area (Å²) in [5.41, 5.74) is 7.30.